The minimum atomic E-state index is -0.318. The zero-order valence-electron chi connectivity index (χ0n) is 11.8. The monoisotopic (exact) mass is 301 g/mol. The number of hydrogen-bond acceptors (Lipinski definition) is 7. The minimum Gasteiger partial charge on any atom is -0.396 e. The summed E-state index contributed by atoms with van der Waals surface area (Å²) in [7, 11) is 0. The Morgan fingerprint density at radius 1 is 1.30 bits per heavy atom. The molecule has 0 unspecified atom stereocenters. The largest absolute Gasteiger partial charge is 0.396 e. The molecule has 2 N–H and O–H groups in total. The van der Waals surface area contributed by atoms with Crippen molar-refractivity contribution in [3.05, 3.63) is 5.28 Å². The van der Waals surface area contributed by atoms with Crippen LogP contribution in [0.15, 0.2) is 0 Å². The van der Waals surface area contributed by atoms with Gasteiger partial charge in [-0.25, -0.2) is 0 Å². The predicted octanol–water partition coefficient (Wildman–Crippen LogP) is 0.934. The van der Waals surface area contributed by atoms with Crippen LogP contribution in [0, 0.1) is 0 Å². The van der Waals surface area contributed by atoms with Gasteiger partial charge in [0.2, 0.25) is 17.2 Å². The average molecular weight is 302 g/mol. The van der Waals surface area contributed by atoms with Crippen LogP contribution in [0.2, 0.25) is 5.28 Å². The van der Waals surface area contributed by atoms with Crippen molar-refractivity contribution in [1.29, 1.82) is 0 Å². The third kappa shape index (κ3) is 4.16. The van der Waals surface area contributed by atoms with Crippen LogP contribution in [0.1, 0.15) is 20.3 Å². The lowest BCUT2D eigenvalue weighted by molar-refractivity contribution is 0.122. The van der Waals surface area contributed by atoms with Crippen molar-refractivity contribution >= 4 is 23.5 Å². The van der Waals surface area contributed by atoms with Crippen molar-refractivity contribution in [2.24, 2.45) is 0 Å². The number of anilines is 2. The van der Waals surface area contributed by atoms with Crippen molar-refractivity contribution in [2.45, 2.75) is 25.8 Å². The van der Waals surface area contributed by atoms with E-state index in [1.807, 2.05) is 18.7 Å². The first kappa shape index (κ1) is 15.2. The van der Waals surface area contributed by atoms with E-state index in [-0.39, 0.29) is 17.4 Å². The lowest BCUT2D eigenvalue weighted by Gasteiger charge is -2.28. The smallest absolute Gasteiger partial charge is 0.231 e. The molecular weight excluding hydrogens is 282 g/mol. The Kier molecular flexibility index (Phi) is 4.95. The molecule has 0 radical (unpaired) electrons. The van der Waals surface area contributed by atoms with Gasteiger partial charge in [0, 0.05) is 25.2 Å². The van der Waals surface area contributed by atoms with Gasteiger partial charge < -0.3 is 20.1 Å². The lowest BCUT2D eigenvalue weighted by Crippen LogP contribution is -2.38. The van der Waals surface area contributed by atoms with Crippen molar-refractivity contribution < 1.29 is 9.84 Å². The van der Waals surface area contributed by atoms with Crippen LogP contribution in [0.4, 0.5) is 11.9 Å². The molecule has 7 nitrogen and oxygen atoms in total. The summed E-state index contributed by atoms with van der Waals surface area (Å²) in [5.41, 5.74) is -0.318. The molecule has 0 bridgehead atoms. The van der Waals surface area contributed by atoms with E-state index in [4.69, 9.17) is 21.4 Å². The standard InChI is InChI=1S/C12H20ClN5O2/c1-12(2,3-6-19)17-10-14-9(13)15-11(16-10)18-4-7-20-8-5-18/h19H,3-8H2,1-2H3,(H,14,15,16,17). The first-order valence-corrected chi connectivity index (χ1v) is 7.01. The minimum absolute atomic E-state index is 0.0924. The average Bonchev–Trinajstić information content (AvgIpc) is 2.38. The van der Waals surface area contributed by atoms with E-state index < -0.39 is 0 Å². The molecule has 0 spiro atoms. The second-order valence-electron chi connectivity index (χ2n) is 5.31. The van der Waals surface area contributed by atoms with Crippen LogP contribution in [0.25, 0.3) is 0 Å². The first-order chi connectivity index (χ1) is 9.50. The van der Waals surface area contributed by atoms with Gasteiger partial charge in [0.25, 0.3) is 0 Å². The molecule has 8 heteroatoms. The normalized spacial score (nSPS) is 16.3. The fourth-order valence-electron chi connectivity index (χ4n) is 1.94. The van der Waals surface area contributed by atoms with Crippen LogP contribution in [-0.4, -0.2) is 58.5 Å². The Bertz CT molecular complexity index is 451. The number of morpholine rings is 1. The summed E-state index contributed by atoms with van der Waals surface area (Å²) in [5.74, 6) is 0.973. The number of nitrogens with zero attached hydrogens (tertiary/aromatic N) is 4. The van der Waals surface area contributed by atoms with Crippen LogP contribution < -0.4 is 10.2 Å². The fraction of sp³-hybridized carbons (Fsp3) is 0.750. The molecule has 1 saturated heterocycles. The second-order valence-corrected chi connectivity index (χ2v) is 5.65. The van der Waals surface area contributed by atoms with Crippen molar-refractivity contribution in [3.8, 4) is 0 Å². The fourth-order valence-corrected chi connectivity index (χ4v) is 2.10. The first-order valence-electron chi connectivity index (χ1n) is 6.63. The Hall–Kier alpha value is -1.18. The summed E-state index contributed by atoms with van der Waals surface area (Å²) in [6, 6.07) is 0. The van der Waals surface area contributed by atoms with Gasteiger partial charge in [-0.2, -0.15) is 15.0 Å². The number of ether oxygens (including phenoxy) is 1. The molecular formula is C12H20ClN5O2. The molecule has 0 amide bonds. The van der Waals surface area contributed by atoms with Gasteiger partial charge in [-0.15, -0.1) is 0 Å². The van der Waals surface area contributed by atoms with Crippen molar-refractivity contribution in [3.63, 3.8) is 0 Å². The van der Waals surface area contributed by atoms with Gasteiger partial charge in [-0.3, -0.25) is 0 Å². The maximum atomic E-state index is 9.05. The molecule has 1 aliphatic heterocycles. The third-order valence-corrected chi connectivity index (χ3v) is 3.25. The van der Waals surface area contributed by atoms with Gasteiger partial charge in [-0.1, -0.05) is 0 Å². The van der Waals surface area contributed by atoms with Crippen molar-refractivity contribution in [2.75, 3.05) is 43.1 Å². The molecule has 0 aliphatic carbocycles. The quantitative estimate of drug-likeness (QED) is 0.837. The van der Waals surface area contributed by atoms with Crippen LogP contribution in [-0.2, 0) is 4.74 Å². The highest BCUT2D eigenvalue weighted by Gasteiger charge is 2.21. The summed E-state index contributed by atoms with van der Waals surface area (Å²) in [6.45, 7) is 6.81. The van der Waals surface area contributed by atoms with Gasteiger partial charge in [0.05, 0.1) is 13.2 Å². The zero-order chi connectivity index (χ0) is 14.6. The Morgan fingerprint density at radius 2 is 2.00 bits per heavy atom. The van der Waals surface area contributed by atoms with E-state index >= 15 is 0 Å². The van der Waals surface area contributed by atoms with Gasteiger partial charge in [0.15, 0.2) is 0 Å². The molecule has 1 aromatic rings. The number of nitrogens with one attached hydrogen (secondary N) is 1. The zero-order valence-corrected chi connectivity index (χ0v) is 12.5. The summed E-state index contributed by atoms with van der Waals surface area (Å²) in [6.07, 6.45) is 0.586. The molecule has 2 heterocycles. The summed E-state index contributed by atoms with van der Waals surface area (Å²) < 4.78 is 5.30. The summed E-state index contributed by atoms with van der Waals surface area (Å²) in [5, 5.41) is 12.4. The van der Waals surface area contributed by atoms with E-state index in [1.165, 1.54) is 0 Å². The number of aromatic nitrogens is 3. The molecule has 20 heavy (non-hydrogen) atoms. The maximum absolute atomic E-state index is 9.05. The molecule has 1 aliphatic rings. The van der Waals surface area contributed by atoms with E-state index in [9.17, 15) is 0 Å². The van der Waals surface area contributed by atoms with Crippen molar-refractivity contribution in [1.82, 2.24) is 15.0 Å². The topological polar surface area (TPSA) is 83.4 Å². The van der Waals surface area contributed by atoms with E-state index in [0.29, 0.717) is 31.5 Å². The molecule has 112 valence electrons. The second kappa shape index (κ2) is 6.51. The number of rotatable bonds is 5. The number of aliphatic hydroxyl groups excluding tert-OH is 1. The van der Waals surface area contributed by atoms with E-state index in [0.717, 1.165) is 13.1 Å². The van der Waals surface area contributed by atoms with Crippen LogP contribution in [0.5, 0.6) is 0 Å². The Morgan fingerprint density at radius 3 is 2.65 bits per heavy atom. The molecule has 0 atom stereocenters. The van der Waals surface area contributed by atoms with E-state index in [2.05, 4.69) is 20.3 Å². The highest BCUT2D eigenvalue weighted by atomic mass is 35.5. The highest BCUT2D eigenvalue weighted by Crippen LogP contribution is 2.19. The molecule has 0 saturated carbocycles. The third-order valence-electron chi connectivity index (χ3n) is 3.08. The number of aliphatic hydroxyl groups is 1. The predicted molar refractivity (Wildman–Crippen MR) is 77.3 cm³/mol. The number of hydrogen-bond donors (Lipinski definition) is 2. The summed E-state index contributed by atoms with van der Waals surface area (Å²) in [4.78, 5) is 14.7. The maximum Gasteiger partial charge on any atom is 0.231 e. The molecule has 1 aromatic heterocycles. The van der Waals surface area contributed by atoms with Gasteiger partial charge in [-0.05, 0) is 31.9 Å². The van der Waals surface area contributed by atoms with Crippen LogP contribution in [0.3, 0.4) is 0 Å². The lowest BCUT2D eigenvalue weighted by atomic mass is 10.0. The summed E-state index contributed by atoms with van der Waals surface area (Å²) >= 11 is 5.97. The van der Waals surface area contributed by atoms with E-state index in [1.54, 1.807) is 0 Å². The Balaban J connectivity index is 2.15. The van der Waals surface area contributed by atoms with Gasteiger partial charge >= 0.3 is 0 Å². The van der Waals surface area contributed by atoms with Gasteiger partial charge in [0.1, 0.15) is 0 Å². The Labute approximate surface area is 123 Å². The molecule has 2 rings (SSSR count). The van der Waals surface area contributed by atoms with Crippen LogP contribution >= 0.6 is 11.6 Å². The SMILES string of the molecule is CC(C)(CCO)Nc1nc(Cl)nc(N2CCOCC2)n1. The number of halogens is 1. The molecule has 1 fully saturated rings. The highest BCUT2D eigenvalue weighted by molar-refractivity contribution is 6.28. The molecule has 0 aromatic carbocycles.